The Morgan fingerprint density at radius 2 is 1.68 bits per heavy atom. The van der Waals surface area contributed by atoms with Crippen molar-refractivity contribution in [2.45, 2.75) is 12.5 Å². The number of halogens is 1. The molecule has 0 bridgehead atoms. The number of thioether (sulfide) groups is 1. The van der Waals surface area contributed by atoms with E-state index < -0.39 is 17.9 Å². The molecule has 0 aliphatic carbocycles. The summed E-state index contributed by atoms with van der Waals surface area (Å²) in [6.07, 6.45) is 3.76. The van der Waals surface area contributed by atoms with Crippen LogP contribution in [0.4, 0.5) is 0 Å². The maximum atomic E-state index is 13.5. The number of thiocarbonyl (C=S) groups is 1. The number of hydrogen-bond acceptors (Lipinski definition) is 5. The molecular weight excluding hydrogens is 570 g/mol. The Morgan fingerprint density at radius 3 is 2.32 bits per heavy atom. The van der Waals surface area contributed by atoms with E-state index in [9.17, 15) is 14.7 Å². The van der Waals surface area contributed by atoms with Crippen LogP contribution in [-0.2, 0) is 16.0 Å². The highest BCUT2D eigenvalue weighted by molar-refractivity contribution is 9.10. The van der Waals surface area contributed by atoms with E-state index in [1.165, 1.54) is 4.90 Å². The molecule has 4 aromatic rings. The van der Waals surface area contributed by atoms with Gasteiger partial charge in [-0.05, 0) is 35.9 Å². The van der Waals surface area contributed by atoms with Crippen molar-refractivity contribution < 1.29 is 14.7 Å². The molecule has 0 unspecified atom stereocenters. The largest absolute Gasteiger partial charge is 0.480 e. The topological polar surface area (TPSA) is 75.4 Å². The molecule has 184 valence electrons. The van der Waals surface area contributed by atoms with Gasteiger partial charge in [-0.15, -0.1) is 0 Å². The van der Waals surface area contributed by atoms with Gasteiger partial charge in [0.1, 0.15) is 10.4 Å². The maximum Gasteiger partial charge on any atom is 0.327 e. The molecule has 0 radical (unpaired) electrons. The third kappa shape index (κ3) is 5.44. The van der Waals surface area contributed by atoms with E-state index in [1.807, 2.05) is 91.1 Å². The molecule has 6 nitrogen and oxygen atoms in total. The van der Waals surface area contributed by atoms with Gasteiger partial charge in [0.05, 0.1) is 16.3 Å². The number of amides is 1. The molecule has 1 fully saturated rings. The molecule has 5 rings (SSSR count). The number of aliphatic carboxylic acids is 1. The van der Waals surface area contributed by atoms with Crippen LogP contribution in [0.2, 0.25) is 0 Å². The summed E-state index contributed by atoms with van der Waals surface area (Å²) < 4.78 is 2.93. The molecule has 0 saturated carbocycles. The average Bonchev–Trinajstić information content (AvgIpc) is 3.44. The Balaban J connectivity index is 1.52. The first kappa shape index (κ1) is 25.1. The number of aromatic nitrogens is 2. The van der Waals surface area contributed by atoms with Gasteiger partial charge >= 0.3 is 5.97 Å². The predicted molar refractivity (Wildman–Crippen MR) is 153 cm³/mol. The van der Waals surface area contributed by atoms with Crippen molar-refractivity contribution in [3.05, 3.63) is 112 Å². The maximum absolute atomic E-state index is 13.5. The van der Waals surface area contributed by atoms with Crippen molar-refractivity contribution in [2.24, 2.45) is 0 Å². The first-order valence-corrected chi connectivity index (χ1v) is 13.4. The zero-order valence-electron chi connectivity index (χ0n) is 19.3. The van der Waals surface area contributed by atoms with Gasteiger partial charge in [-0.3, -0.25) is 9.69 Å². The van der Waals surface area contributed by atoms with E-state index in [0.29, 0.717) is 10.6 Å². The minimum Gasteiger partial charge on any atom is -0.480 e. The summed E-state index contributed by atoms with van der Waals surface area (Å²) in [5.74, 6) is -1.53. The van der Waals surface area contributed by atoms with E-state index >= 15 is 0 Å². The van der Waals surface area contributed by atoms with Crippen LogP contribution in [0, 0.1) is 0 Å². The Kier molecular flexibility index (Phi) is 7.36. The first-order valence-electron chi connectivity index (χ1n) is 11.4. The van der Waals surface area contributed by atoms with Crippen LogP contribution in [0.25, 0.3) is 23.0 Å². The van der Waals surface area contributed by atoms with Crippen LogP contribution in [0.3, 0.4) is 0 Å². The standard InChI is InChI=1S/C28H20BrN3O3S2/c29-21-13-11-19(12-14-21)25-20(17-31(30-25)22-9-5-2-6-10-22)16-24-26(33)32(28(36)37-24)23(27(34)35)15-18-7-3-1-4-8-18/h1-14,16-17,23H,15H2,(H,34,35)/b24-16-/t23-/m1/s1. The summed E-state index contributed by atoms with van der Waals surface area (Å²) in [5, 5.41) is 14.8. The quantitative estimate of drug-likeness (QED) is 0.204. The number of carbonyl (C=O) groups excluding carboxylic acids is 1. The number of carbonyl (C=O) groups is 2. The molecule has 9 heteroatoms. The Labute approximate surface area is 231 Å². The molecule has 1 aliphatic heterocycles. The van der Waals surface area contributed by atoms with Gasteiger partial charge in [-0.2, -0.15) is 5.10 Å². The summed E-state index contributed by atoms with van der Waals surface area (Å²) in [7, 11) is 0. The fourth-order valence-electron chi connectivity index (χ4n) is 4.05. The molecule has 1 aliphatic rings. The molecule has 1 N–H and O–H groups in total. The molecule has 1 atom stereocenters. The molecule has 1 saturated heterocycles. The van der Waals surface area contributed by atoms with Crippen molar-refractivity contribution >= 4 is 62.2 Å². The number of hydrogen-bond donors (Lipinski definition) is 1. The van der Waals surface area contributed by atoms with Crippen LogP contribution in [0.15, 0.2) is 101 Å². The van der Waals surface area contributed by atoms with Crippen LogP contribution in [-0.4, -0.2) is 42.0 Å². The monoisotopic (exact) mass is 589 g/mol. The third-order valence-electron chi connectivity index (χ3n) is 5.86. The van der Waals surface area contributed by atoms with Crippen LogP contribution in [0.1, 0.15) is 11.1 Å². The fourth-order valence-corrected chi connectivity index (χ4v) is 5.67. The summed E-state index contributed by atoms with van der Waals surface area (Å²) in [4.78, 5) is 27.2. The summed E-state index contributed by atoms with van der Waals surface area (Å²) in [5.41, 5.74) is 3.99. The van der Waals surface area contributed by atoms with Crippen molar-refractivity contribution in [1.82, 2.24) is 14.7 Å². The molecular formula is C28H20BrN3O3S2. The zero-order valence-corrected chi connectivity index (χ0v) is 22.5. The van der Waals surface area contributed by atoms with Gasteiger partial charge in [0, 0.05) is 28.2 Å². The Hall–Kier alpha value is -3.53. The molecule has 37 heavy (non-hydrogen) atoms. The number of carboxylic acid groups (broad SMARTS) is 1. The smallest absolute Gasteiger partial charge is 0.327 e. The number of para-hydroxylation sites is 1. The first-order chi connectivity index (χ1) is 17.9. The van der Waals surface area contributed by atoms with E-state index in [-0.39, 0.29) is 10.7 Å². The highest BCUT2D eigenvalue weighted by Crippen LogP contribution is 2.36. The Morgan fingerprint density at radius 1 is 1.03 bits per heavy atom. The minimum atomic E-state index is -1.10. The van der Waals surface area contributed by atoms with E-state index in [0.717, 1.165) is 38.6 Å². The SMILES string of the molecule is O=C(O)[C@@H](Cc1ccccc1)N1C(=O)/C(=C/c2cn(-c3ccccc3)nc2-c2ccc(Br)cc2)SC1=S. The second-order valence-corrected chi connectivity index (χ2v) is 10.9. The second kappa shape index (κ2) is 10.8. The van der Waals surface area contributed by atoms with Gasteiger partial charge in [0.15, 0.2) is 0 Å². The van der Waals surface area contributed by atoms with Gasteiger partial charge in [0.25, 0.3) is 5.91 Å². The lowest BCUT2D eigenvalue weighted by atomic mass is 10.0. The molecule has 1 amide bonds. The lowest BCUT2D eigenvalue weighted by Gasteiger charge is -2.23. The summed E-state index contributed by atoms with van der Waals surface area (Å²) in [6.45, 7) is 0. The lowest BCUT2D eigenvalue weighted by Crippen LogP contribution is -2.45. The second-order valence-electron chi connectivity index (χ2n) is 8.32. The van der Waals surface area contributed by atoms with Crippen LogP contribution < -0.4 is 0 Å². The number of nitrogens with zero attached hydrogens (tertiary/aromatic N) is 3. The summed E-state index contributed by atoms with van der Waals surface area (Å²) >= 11 is 10.1. The van der Waals surface area contributed by atoms with E-state index in [2.05, 4.69) is 15.9 Å². The molecule has 0 spiro atoms. The third-order valence-corrected chi connectivity index (χ3v) is 7.72. The van der Waals surface area contributed by atoms with Crippen molar-refractivity contribution in [3.8, 4) is 16.9 Å². The number of rotatable bonds is 7. The van der Waals surface area contributed by atoms with Crippen LogP contribution >= 0.6 is 39.9 Å². The number of benzene rings is 3. The average molecular weight is 591 g/mol. The van der Waals surface area contributed by atoms with Crippen molar-refractivity contribution in [1.29, 1.82) is 0 Å². The van der Waals surface area contributed by atoms with Gasteiger partial charge in [-0.25, -0.2) is 9.48 Å². The normalized spacial score (nSPS) is 15.4. The minimum absolute atomic E-state index is 0.159. The Bertz CT molecular complexity index is 1500. The molecule has 2 heterocycles. The molecule has 3 aromatic carbocycles. The van der Waals surface area contributed by atoms with Gasteiger partial charge in [-0.1, -0.05) is 101 Å². The van der Waals surface area contributed by atoms with Crippen molar-refractivity contribution in [2.75, 3.05) is 0 Å². The lowest BCUT2D eigenvalue weighted by molar-refractivity contribution is -0.145. The predicted octanol–water partition coefficient (Wildman–Crippen LogP) is 6.20. The van der Waals surface area contributed by atoms with Gasteiger partial charge < -0.3 is 5.11 Å². The van der Waals surface area contributed by atoms with Crippen molar-refractivity contribution in [3.63, 3.8) is 0 Å². The van der Waals surface area contributed by atoms with E-state index in [4.69, 9.17) is 17.3 Å². The van der Waals surface area contributed by atoms with Gasteiger partial charge in [0.2, 0.25) is 0 Å². The number of carboxylic acids is 1. The highest BCUT2D eigenvalue weighted by atomic mass is 79.9. The summed E-state index contributed by atoms with van der Waals surface area (Å²) in [6, 6.07) is 25.6. The highest BCUT2D eigenvalue weighted by Gasteiger charge is 2.40. The molecule has 1 aromatic heterocycles. The zero-order chi connectivity index (χ0) is 25.9. The van der Waals surface area contributed by atoms with E-state index in [1.54, 1.807) is 10.8 Å². The van der Waals surface area contributed by atoms with Crippen LogP contribution in [0.5, 0.6) is 0 Å². The fraction of sp³-hybridized carbons (Fsp3) is 0.0714.